The standard InChI is InChI=1S/C7H7ClIOP/c8-11(6-9)10-7-4-2-1-3-5-7/h1-5H,6H2/t11-/m1/s1. The molecule has 0 heterocycles. The average molecular weight is 300 g/mol. The van der Waals surface area contributed by atoms with Crippen molar-refractivity contribution in [1.82, 2.24) is 0 Å². The molecule has 1 aromatic carbocycles. The molecule has 11 heavy (non-hydrogen) atoms. The van der Waals surface area contributed by atoms with Crippen molar-refractivity contribution in [1.29, 1.82) is 0 Å². The summed E-state index contributed by atoms with van der Waals surface area (Å²) in [5.74, 6) is 0.852. The first-order valence-electron chi connectivity index (χ1n) is 3.05. The summed E-state index contributed by atoms with van der Waals surface area (Å²) in [6, 6.07) is 9.63. The molecular weight excluding hydrogens is 293 g/mol. The van der Waals surface area contributed by atoms with Crippen LogP contribution in [0.5, 0.6) is 5.75 Å². The SMILES string of the molecule is Cl[P@@](CI)Oc1ccccc1. The Labute approximate surface area is 85.9 Å². The third-order valence-electron chi connectivity index (χ3n) is 1.04. The van der Waals surface area contributed by atoms with Gasteiger partial charge >= 0.3 is 0 Å². The highest BCUT2D eigenvalue weighted by Crippen LogP contribution is 2.44. The van der Waals surface area contributed by atoms with Gasteiger partial charge in [0.05, 0.1) is 4.17 Å². The fourth-order valence-corrected chi connectivity index (χ4v) is 1.68. The number of alkyl halides is 1. The normalized spacial score (nSPS) is 12.5. The van der Waals surface area contributed by atoms with Crippen molar-refractivity contribution >= 4 is 41.3 Å². The van der Waals surface area contributed by atoms with Gasteiger partial charge in [0.15, 0.2) is 7.50 Å². The van der Waals surface area contributed by atoms with Crippen LogP contribution >= 0.6 is 41.3 Å². The molecule has 0 aromatic heterocycles. The Kier molecular flexibility index (Phi) is 4.50. The lowest BCUT2D eigenvalue weighted by Gasteiger charge is -2.07. The molecule has 0 radical (unpaired) electrons. The molecule has 0 aliphatic rings. The van der Waals surface area contributed by atoms with Crippen molar-refractivity contribution in [2.45, 2.75) is 0 Å². The Balaban J connectivity index is 2.51. The predicted molar refractivity (Wildman–Crippen MR) is 58.7 cm³/mol. The highest BCUT2D eigenvalue weighted by atomic mass is 127. The summed E-state index contributed by atoms with van der Waals surface area (Å²) < 4.78 is 6.24. The molecular formula is C7H7ClIOP. The average Bonchev–Trinajstić information content (AvgIpc) is 2.06. The van der Waals surface area contributed by atoms with Crippen LogP contribution in [0.3, 0.4) is 0 Å². The fraction of sp³-hybridized carbons (Fsp3) is 0.143. The van der Waals surface area contributed by atoms with Crippen LogP contribution in [-0.4, -0.2) is 4.17 Å². The molecule has 1 aromatic rings. The van der Waals surface area contributed by atoms with E-state index in [9.17, 15) is 0 Å². The van der Waals surface area contributed by atoms with Crippen LogP contribution in [0, 0.1) is 0 Å². The molecule has 0 saturated carbocycles. The maximum Gasteiger partial charge on any atom is 0.192 e. The first-order valence-corrected chi connectivity index (χ1v) is 6.93. The maximum atomic E-state index is 5.83. The van der Waals surface area contributed by atoms with Gasteiger partial charge in [-0.2, -0.15) is 0 Å². The molecule has 0 unspecified atom stereocenters. The molecule has 0 fully saturated rings. The summed E-state index contributed by atoms with van der Waals surface area (Å²) in [6.07, 6.45) is 0. The number of rotatable bonds is 3. The number of benzene rings is 1. The van der Waals surface area contributed by atoms with E-state index >= 15 is 0 Å². The predicted octanol–water partition coefficient (Wildman–Crippen LogP) is 4.01. The minimum Gasteiger partial charge on any atom is -0.457 e. The van der Waals surface area contributed by atoms with Crippen molar-refractivity contribution < 1.29 is 4.52 Å². The first-order chi connectivity index (χ1) is 5.33. The van der Waals surface area contributed by atoms with E-state index in [-0.39, 0.29) is 0 Å². The molecule has 1 nitrogen and oxygen atoms in total. The topological polar surface area (TPSA) is 9.23 Å². The second-order valence-corrected chi connectivity index (χ2v) is 6.08. The minimum absolute atomic E-state index is 0.796. The Morgan fingerprint density at radius 1 is 1.36 bits per heavy atom. The van der Waals surface area contributed by atoms with Crippen LogP contribution in [0.15, 0.2) is 30.3 Å². The summed E-state index contributed by atoms with van der Waals surface area (Å²) in [4.78, 5) is 0. The van der Waals surface area contributed by atoms with E-state index in [1.54, 1.807) is 0 Å². The van der Waals surface area contributed by atoms with Gasteiger partial charge in [-0.25, -0.2) is 0 Å². The van der Waals surface area contributed by atoms with Gasteiger partial charge in [-0.05, 0) is 23.4 Å². The second-order valence-electron chi connectivity index (χ2n) is 1.84. The monoisotopic (exact) mass is 300 g/mol. The van der Waals surface area contributed by atoms with E-state index in [1.807, 2.05) is 30.3 Å². The molecule has 60 valence electrons. The highest BCUT2D eigenvalue weighted by molar-refractivity contribution is 14.1. The van der Waals surface area contributed by atoms with Crippen LogP contribution in [0.1, 0.15) is 0 Å². The highest BCUT2D eigenvalue weighted by Gasteiger charge is 2.02. The summed E-state index contributed by atoms with van der Waals surface area (Å²) in [6.45, 7) is 0. The van der Waals surface area contributed by atoms with Gasteiger partial charge < -0.3 is 4.52 Å². The van der Waals surface area contributed by atoms with Crippen molar-refractivity contribution in [2.24, 2.45) is 0 Å². The number of para-hydroxylation sites is 1. The van der Waals surface area contributed by atoms with E-state index in [0.29, 0.717) is 0 Å². The molecule has 0 spiro atoms. The lowest BCUT2D eigenvalue weighted by molar-refractivity contribution is 0.630. The van der Waals surface area contributed by atoms with Crippen LogP contribution in [0.4, 0.5) is 0 Å². The van der Waals surface area contributed by atoms with Gasteiger partial charge in [0.2, 0.25) is 0 Å². The third kappa shape index (κ3) is 3.59. The molecule has 0 saturated heterocycles. The van der Waals surface area contributed by atoms with E-state index in [0.717, 1.165) is 9.92 Å². The Hall–Kier alpha value is 0.470. The lowest BCUT2D eigenvalue weighted by Crippen LogP contribution is -1.81. The number of hydrogen-bond acceptors (Lipinski definition) is 1. The van der Waals surface area contributed by atoms with Gasteiger partial charge in [0.1, 0.15) is 5.75 Å². The first kappa shape index (κ1) is 9.56. The Morgan fingerprint density at radius 3 is 2.55 bits per heavy atom. The lowest BCUT2D eigenvalue weighted by atomic mass is 10.3. The molecule has 1 rings (SSSR count). The largest absolute Gasteiger partial charge is 0.457 e. The van der Waals surface area contributed by atoms with Crippen LogP contribution in [0.2, 0.25) is 0 Å². The zero-order chi connectivity index (χ0) is 8.10. The summed E-state index contributed by atoms with van der Waals surface area (Å²) in [7, 11) is -0.796. The zero-order valence-electron chi connectivity index (χ0n) is 5.71. The van der Waals surface area contributed by atoms with Gasteiger partial charge in [0, 0.05) is 0 Å². The Bertz CT molecular complexity index is 207. The summed E-state index contributed by atoms with van der Waals surface area (Å²) >= 11 is 8.05. The third-order valence-corrected chi connectivity index (χ3v) is 5.27. The maximum absolute atomic E-state index is 5.83. The van der Waals surface area contributed by atoms with E-state index < -0.39 is 7.50 Å². The van der Waals surface area contributed by atoms with Crippen LogP contribution in [0.25, 0.3) is 0 Å². The van der Waals surface area contributed by atoms with Crippen molar-refractivity contribution in [3.05, 3.63) is 30.3 Å². The molecule has 0 N–H and O–H groups in total. The zero-order valence-corrected chi connectivity index (χ0v) is 9.51. The van der Waals surface area contributed by atoms with E-state index in [4.69, 9.17) is 15.8 Å². The summed E-state index contributed by atoms with van der Waals surface area (Å²) in [5, 5.41) is 0. The molecule has 0 aliphatic heterocycles. The van der Waals surface area contributed by atoms with E-state index in [2.05, 4.69) is 22.6 Å². The molecule has 1 atom stereocenters. The minimum atomic E-state index is -0.796. The van der Waals surface area contributed by atoms with Crippen molar-refractivity contribution in [2.75, 3.05) is 4.17 Å². The fourth-order valence-electron chi connectivity index (χ4n) is 0.620. The van der Waals surface area contributed by atoms with Crippen molar-refractivity contribution in [3.63, 3.8) is 0 Å². The van der Waals surface area contributed by atoms with Crippen LogP contribution in [-0.2, 0) is 0 Å². The van der Waals surface area contributed by atoms with Gasteiger partial charge in [-0.1, -0.05) is 40.8 Å². The number of hydrogen-bond donors (Lipinski definition) is 0. The number of halogens is 2. The van der Waals surface area contributed by atoms with E-state index in [1.165, 1.54) is 0 Å². The molecule has 0 aliphatic carbocycles. The van der Waals surface area contributed by atoms with Crippen molar-refractivity contribution in [3.8, 4) is 5.75 Å². The Morgan fingerprint density at radius 2 is 2.00 bits per heavy atom. The summed E-state index contributed by atoms with van der Waals surface area (Å²) in [5.41, 5.74) is 0. The van der Waals surface area contributed by atoms with Gasteiger partial charge in [-0.3, -0.25) is 0 Å². The van der Waals surface area contributed by atoms with Gasteiger partial charge in [-0.15, -0.1) is 0 Å². The molecule has 0 amide bonds. The second kappa shape index (κ2) is 5.18. The smallest absolute Gasteiger partial charge is 0.192 e. The molecule has 4 heteroatoms. The van der Waals surface area contributed by atoms with Gasteiger partial charge in [0.25, 0.3) is 0 Å². The van der Waals surface area contributed by atoms with Crippen LogP contribution < -0.4 is 4.52 Å². The quantitative estimate of drug-likeness (QED) is 0.465. The molecule has 0 bridgehead atoms.